The Morgan fingerprint density at radius 1 is 1.26 bits per heavy atom. The predicted octanol–water partition coefficient (Wildman–Crippen LogP) is 5.00. The van der Waals surface area contributed by atoms with Crippen LogP contribution in [0.4, 0.5) is 10.5 Å². The molecule has 1 aromatic rings. The Labute approximate surface area is 322 Å². The maximum absolute atomic E-state index is 14.1. The van der Waals surface area contributed by atoms with Gasteiger partial charge >= 0.3 is 12.1 Å². The third kappa shape index (κ3) is 9.88. The Kier molecular flexibility index (Phi) is 13.3. The normalized spacial score (nSPS) is 29.9. The lowest BCUT2D eigenvalue weighted by atomic mass is 9.83. The highest BCUT2D eigenvalue weighted by Crippen LogP contribution is 2.49. The van der Waals surface area contributed by atoms with Gasteiger partial charge in [-0.05, 0) is 51.3 Å². The predicted molar refractivity (Wildman–Crippen MR) is 203 cm³/mol. The van der Waals surface area contributed by atoms with Gasteiger partial charge in [0.15, 0.2) is 5.72 Å². The molecule has 13 nitrogen and oxygen atoms in total. The third-order valence-corrected chi connectivity index (χ3v) is 11.1. The van der Waals surface area contributed by atoms with Crippen molar-refractivity contribution in [3.63, 3.8) is 0 Å². The number of rotatable bonds is 8. The minimum Gasteiger partial charge on any atom is -0.495 e. The average molecular weight is 780 g/mol. The molecule has 3 aliphatic rings. The molecule has 3 amide bonds. The van der Waals surface area contributed by atoms with Crippen LogP contribution in [0.3, 0.4) is 0 Å². The van der Waals surface area contributed by atoms with E-state index in [0.29, 0.717) is 24.3 Å². The highest BCUT2D eigenvalue weighted by atomic mass is 35.5. The van der Waals surface area contributed by atoms with Crippen LogP contribution in [0.2, 0.25) is 5.02 Å². The smallest absolute Gasteiger partial charge is 0.409 e. The topological polar surface area (TPSA) is 156 Å². The monoisotopic (exact) mass is 779 g/mol. The summed E-state index contributed by atoms with van der Waals surface area (Å²) in [5.41, 5.74) is -0.916. The zero-order valence-electron chi connectivity index (χ0n) is 32.2. The Morgan fingerprint density at radius 2 is 1.94 bits per heavy atom. The molecular weight excluding hydrogens is 726 g/mol. The minimum atomic E-state index is -1.83. The molecule has 4 rings (SSSR count). The number of aliphatic hydroxyl groups is 1. The summed E-state index contributed by atoms with van der Waals surface area (Å²) in [6.07, 6.45) is 1.61. The molecule has 0 unspecified atom stereocenters. The fourth-order valence-corrected chi connectivity index (χ4v) is 7.23. The number of nitrogens with zero attached hydrogens (tertiary/aromatic N) is 2. The second-order valence-electron chi connectivity index (χ2n) is 15.2. The molecule has 0 aromatic heterocycles. The molecule has 8 atom stereocenters. The molecule has 0 saturated carbocycles. The fraction of sp³-hybridized carbons (Fsp3) is 0.632. The van der Waals surface area contributed by atoms with E-state index in [1.54, 1.807) is 52.1 Å². The van der Waals surface area contributed by atoms with E-state index < -0.39 is 65.7 Å². The van der Waals surface area contributed by atoms with Crippen LogP contribution in [0.25, 0.3) is 0 Å². The molecule has 15 heteroatoms. The van der Waals surface area contributed by atoms with Gasteiger partial charge < -0.3 is 38.6 Å². The molecule has 294 valence electrons. The van der Waals surface area contributed by atoms with Gasteiger partial charge in [0.1, 0.15) is 40.7 Å². The lowest BCUT2D eigenvalue weighted by molar-refractivity contribution is -0.162. The number of carbonyl (C=O) groups excluding carboxylic acids is 4. The number of fused-ring (bicyclic) bond motifs is 5. The zero-order chi connectivity index (χ0) is 39.6. The van der Waals surface area contributed by atoms with E-state index in [2.05, 4.69) is 17.9 Å². The molecule has 4 bridgehead atoms. The van der Waals surface area contributed by atoms with Gasteiger partial charge in [-0.25, -0.2) is 9.59 Å². The summed E-state index contributed by atoms with van der Waals surface area (Å²) in [4.78, 5) is 56.5. The van der Waals surface area contributed by atoms with Gasteiger partial charge in [0, 0.05) is 44.7 Å². The molecule has 2 saturated heterocycles. The largest absolute Gasteiger partial charge is 0.495 e. The van der Waals surface area contributed by atoms with Gasteiger partial charge in [-0.2, -0.15) is 12.6 Å². The van der Waals surface area contributed by atoms with Crippen LogP contribution in [0.1, 0.15) is 72.8 Å². The van der Waals surface area contributed by atoms with Crippen molar-refractivity contribution in [2.45, 2.75) is 120 Å². The molecule has 3 aliphatic heterocycles. The summed E-state index contributed by atoms with van der Waals surface area (Å²) in [7, 11) is 6.02. The number of nitrogens with one attached hydrogen (secondary N) is 1. The van der Waals surface area contributed by atoms with Crippen molar-refractivity contribution in [2.24, 2.45) is 5.92 Å². The average Bonchev–Trinajstić information content (AvgIpc) is 3.78. The van der Waals surface area contributed by atoms with Crippen molar-refractivity contribution in [1.82, 2.24) is 10.2 Å². The summed E-state index contributed by atoms with van der Waals surface area (Å²) in [6.45, 7) is 10.8. The van der Waals surface area contributed by atoms with Crippen LogP contribution in [-0.2, 0) is 39.8 Å². The van der Waals surface area contributed by atoms with Crippen LogP contribution >= 0.6 is 24.2 Å². The van der Waals surface area contributed by atoms with Crippen LogP contribution in [0.15, 0.2) is 35.9 Å². The number of anilines is 1. The number of halogens is 1. The van der Waals surface area contributed by atoms with Crippen molar-refractivity contribution in [3.05, 3.63) is 46.5 Å². The first-order chi connectivity index (χ1) is 24.6. The second-order valence-corrected chi connectivity index (χ2v) is 16.8. The van der Waals surface area contributed by atoms with Crippen molar-refractivity contribution < 1.29 is 48.0 Å². The first-order valence-electron chi connectivity index (χ1n) is 17.7. The molecule has 3 heterocycles. The zero-order valence-corrected chi connectivity index (χ0v) is 33.9. The number of allylic oxidation sites excluding steroid dienone is 3. The second kappa shape index (κ2) is 16.6. The summed E-state index contributed by atoms with van der Waals surface area (Å²) in [5.74, 6) is -1.58. The number of thiol groups is 1. The van der Waals surface area contributed by atoms with E-state index in [4.69, 9.17) is 35.3 Å². The van der Waals surface area contributed by atoms with E-state index >= 15 is 0 Å². The summed E-state index contributed by atoms with van der Waals surface area (Å²) in [5, 5.41) is 14.5. The van der Waals surface area contributed by atoms with Gasteiger partial charge in [-0.15, -0.1) is 0 Å². The number of esters is 1. The fourth-order valence-electron chi connectivity index (χ4n) is 6.81. The quantitative estimate of drug-likeness (QED) is 0.187. The standard InChI is InChI=1S/C38H54ClN3O10S/c1-21-12-11-13-28(49-10)38(47)20-27(50-35(46)40-38)22(2)33-37(6,52-33)29(51-34(45)23(3)41(7)30(43)14-15-36(4,5)53)19-31(44)42(8)25-17-24(16-21)18-26(48-9)32(25)39/h11-13,17-18,22-23,27-29,33,47,53H,14-16,19-20H2,1-10H3,(H,40,46)/t22-,23+,27+,28-,29-,33-,37+,38+/m1/s1. The number of amides is 3. The minimum absolute atomic E-state index is 0.0509. The van der Waals surface area contributed by atoms with E-state index in [1.165, 1.54) is 31.1 Å². The number of ether oxygens (including phenoxy) is 5. The van der Waals surface area contributed by atoms with Gasteiger partial charge in [0.2, 0.25) is 11.8 Å². The van der Waals surface area contributed by atoms with Crippen molar-refractivity contribution >= 4 is 53.8 Å². The maximum atomic E-state index is 14.1. The highest BCUT2D eigenvalue weighted by molar-refractivity contribution is 7.81. The maximum Gasteiger partial charge on any atom is 0.409 e. The number of methoxy groups -OCH3 is 2. The Hall–Kier alpha value is -3.30. The summed E-state index contributed by atoms with van der Waals surface area (Å²) < 4.78 is 28.8. The molecule has 0 radical (unpaired) electrons. The van der Waals surface area contributed by atoms with Crippen molar-refractivity contribution in [3.8, 4) is 5.75 Å². The number of likely N-dealkylation sites (N-methyl/N-ethyl adjacent to an activating group) is 1. The van der Waals surface area contributed by atoms with Crippen LogP contribution in [0.5, 0.6) is 5.75 Å². The van der Waals surface area contributed by atoms with E-state index in [1.807, 2.05) is 26.8 Å². The molecule has 1 aromatic carbocycles. The van der Waals surface area contributed by atoms with Gasteiger partial charge in [-0.3, -0.25) is 14.9 Å². The lowest BCUT2D eigenvalue weighted by Gasteiger charge is -2.42. The van der Waals surface area contributed by atoms with Crippen LogP contribution in [-0.4, -0.2) is 109 Å². The highest BCUT2D eigenvalue weighted by Gasteiger charge is 2.64. The van der Waals surface area contributed by atoms with Crippen molar-refractivity contribution in [2.75, 3.05) is 33.2 Å². The third-order valence-electron chi connectivity index (χ3n) is 10.5. The number of hydrogen-bond donors (Lipinski definition) is 3. The van der Waals surface area contributed by atoms with Gasteiger partial charge in [-0.1, -0.05) is 56.2 Å². The van der Waals surface area contributed by atoms with E-state index in [-0.39, 0.29) is 34.9 Å². The molecule has 0 aliphatic carbocycles. The number of epoxide rings is 1. The van der Waals surface area contributed by atoms with Crippen molar-refractivity contribution in [1.29, 1.82) is 0 Å². The van der Waals surface area contributed by atoms with Crippen LogP contribution < -0.4 is 15.0 Å². The molecule has 53 heavy (non-hydrogen) atoms. The van der Waals surface area contributed by atoms with Gasteiger partial charge in [0.25, 0.3) is 0 Å². The molecule has 2 fully saturated rings. The van der Waals surface area contributed by atoms with E-state index in [9.17, 15) is 24.3 Å². The number of benzene rings is 1. The number of alkyl carbamates (subject to hydrolysis) is 1. The van der Waals surface area contributed by atoms with Gasteiger partial charge in [0.05, 0.1) is 25.3 Å². The molecule has 0 spiro atoms. The number of carbonyl (C=O) groups is 4. The Morgan fingerprint density at radius 3 is 2.57 bits per heavy atom. The first kappa shape index (κ1) is 42.4. The van der Waals surface area contributed by atoms with Crippen LogP contribution in [0, 0.1) is 5.92 Å². The lowest BCUT2D eigenvalue weighted by Crippen LogP contribution is -2.63. The Balaban J connectivity index is 1.74. The molecular formula is C38H54ClN3O10S. The SMILES string of the molecule is COc1cc2cc(c1Cl)N(C)C(=O)C[C@@H](OC(=O)[C@H](C)N(C)C(=O)CCC(C)(C)S)[C@]1(C)O[C@@H]1[C@H](C)[C@@H]1C[C@@](O)(NC(=O)O1)[C@H](OC)C=CC=C(C)C2. The Bertz CT molecular complexity index is 1630. The van der Waals surface area contributed by atoms with E-state index in [0.717, 1.165) is 11.1 Å². The molecule has 2 N–H and O–H groups in total. The number of hydrogen-bond acceptors (Lipinski definition) is 11. The summed E-state index contributed by atoms with van der Waals surface area (Å²) in [6, 6.07) is 2.60. The first-order valence-corrected chi connectivity index (χ1v) is 18.5. The summed E-state index contributed by atoms with van der Waals surface area (Å²) >= 11 is 11.3.